The van der Waals surface area contributed by atoms with Gasteiger partial charge in [-0.25, -0.2) is 4.39 Å². The van der Waals surface area contributed by atoms with Crippen LogP contribution in [0.2, 0.25) is 0 Å². The molecule has 88 valence electrons. The summed E-state index contributed by atoms with van der Waals surface area (Å²) in [4.78, 5) is 10.4. The predicted octanol–water partition coefficient (Wildman–Crippen LogP) is 0.819. The van der Waals surface area contributed by atoms with Crippen LogP contribution in [0.3, 0.4) is 0 Å². The van der Waals surface area contributed by atoms with Crippen molar-refractivity contribution >= 4 is 5.97 Å². The Hall–Kier alpha value is -2.31. The zero-order valence-corrected chi connectivity index (χ0v) is 8.75. The molecule has 0 aliphatic carbocycles. The Balaban J connectivity index is 2.27. The van der Waals surface area contributed by atoms with E-state index in [4.69, 9.17) is 5.11 Å². The van der Waals surface area contributed by atoms with Gasteiger partial charge in [-0.2, -0.15) is 4.68 Å². The van der Waals surface area contributed by atoms with Crippen LogP contribution in [0.25, 0.3) is 5.69 Å². The van der Waals surface area contributed by atoms with Gasteiger partial charge in [-0.05, 0) is 34.5 Å². The highest BCUT2D eigenvalue weighted by atomic mass is 19.1. The van der Waals surface area contributed by atoms with Crippen LogP contribution >= 0.6 is 0 Å². The summed E-state index contributed by atoms with van der Waals surface area (Å²) < 4.78 is 14.7. The minimum Gasteiger partial charge on any atom is -0.481 e. The van der Waals surface area contributed by atoms with Crippen LogP contribution in [0.1, 0.15) is 12.0 Å². The van der Waals surface area contributed by atoms with Crippen LogP contribution < -0.4 is 0 Å². The maximum Gasteiger partial charge on any atom is 0.303 e. The van der Waals surface area contributed by atoms with Crippen molar-refractivity contribution in [1.29, 1.82) is 0 Å². The molecule has 1 aromatic heterocycles. The summed E-state index contributed by atoms with van der Waals surface area (Å²) in [6, 6.07) is 4.36. The Morgan fingerprint density at radius 2 is 2.29 bits per heavy atom. The molecular weight excluding hydrogens is 227 g/mol. The predicted molar refractivity (Wildman–Crippen MR) is 55.1 cm³/mol. The van der Waals surface area contributed by atoms with Crippen molar-refractivity contribution in [2.24, 2.45) is 0 Å². The lowest BCUT2D eigenvalue weighted by Gasteiger charge is -2.04. The Bertz CT molecular complexity index is 527. The van der Waals surface area contributed by atoms with E-state index in [1.54, 1.807) is 6.07 Å². The summed E-state index contributed by atoms with van der Waals surface area (Å²) in [5.41, 5.74) is 0.928. The third kappa shape index (κ3) is 2.63. The molecule has 2 aromatic rings. The number of carbonyl (C=O) groups is 1. The van der Waals surface area contributed by atoms with E-state index in [1.165, 1.54) is 23.1 Å². The molecule has 2 rings (SSSR count). The smallest absolute Gasteiger partial charge is 0.303 e. The van der Waals surface area contributed by atoms with Gasteiger partial charge in [0.15, 0.2) is 0 Å². The second-order valence-electron chi connectivity index (χ2n) is 3.43. The second-order valence-corrected chi connectivity index (χ2v) is 3.43. The third-order valence-electron chi connectivity index (χ3n) is 2.23. The number of hydrogen-bond donors (Lipinski definition) is 1. The van der Waals surface area contributed by atoms with Crippen molar-refractivity contribution in [3.8, 4) is 5.69 Å². The SMILES string of the molecule is O=C(O)CCc1ccc(F)c(-n2cnnn2)c1. The first-order chi connectivity index (χ1) is 8.16. The van der Waals surface area contributed by atoms with E-state index >= 15 is 0 Å². The van der Waals surface area contributed by atoms with Crippen LogP contribution in [0.15, 0.2) is 24.5 Å². The molecule has 0 radical (unpaired) electrons. The average Bonchev–Trinajstić information content (AvgIpc) is 2.81. The van der Waals surface area contributed by atoms with Crippen LogP contribution in [0, 0.1) is 5.82 Å². The van der Waals surface area contributed by atoms with E-state index in [-0.39, 0.29) is 12.1 Å². The second kappa shape index (κ2) is 4.69. The quantitative estimate of drug-likeness (QED) is 0.849. The average molecular weight is 236 g/mol. The first-order valence-electron chi connectivity index (χ1n) is 4.90. The lowest BCUT2D eigenvalue weighted by Crippen LogP contribution is -2.02. The fourth-order valence-electron chi connectivity index (χ4n) is 1.41. The van der Waals surface area contributed by atoms with Crippen LogP contribution in [0.4, 0.5) is 4.39 Å². The Kier molecular flexibility index (Phi) is 3.08. The first-order valence-corrected chi connectivity index (χ1v) is 4.90. The van der Waals surface area contributed by atoms with E-state index < -0.39 is 11.8 Å². The molecule has 0 saturated heterocycles. The molecule has 0 spiro atoms. The standard InChI is InChI=1S/C10H9FN4O2/c11-8-3-1-7(2-4-10(16)17)5-9(8)15-6-12-13-14-15/h1,3,5-6H,2,4H2,(H,16,17). The molecule has 6 nitrogen and oxygen atoms in total. The largest absolute Gasteiger partial charge is 0.481 e. The molecule has 1 N–H and O–H groups in total. The van der Waals surface area contributed by atoms with Gasteiger partial charge in [-0.15, -0.1) is 5.10 Å². The Morgan fingerprint density at radius 3 is 2.94 bits per heavy atom. The van der Waals surface area contributed by atoms with E-state index in [9.17, 15) is 9.18 Å². The molecule has 0 bridgehead atoms. The van der Waals surface area contributed by atoms with E-state index in [2.05, 4.69) is 15.5 Å². The molecule has 1 aromatic carbocycles. The van der Waals surface area contributed by atoms with Gasteiger partial charge in [-0.3, -0.25) is 4.79 Å². The molecule has 0 unspecified atom stereocenters. The van der Waals surface area contributed by atoms with Gasteiger partial charge in [0.05, 0.1) is 0 Å². The maximum atomic E-state index is 13.5. The van der Waals surface area contributed by atoms with Gasteiger partial charge in [-0.1, -0.05) is 6.07 Å². The monoisotopic (exact) mass is 236 g/mol. The zero-order chi connectivity index (χ0) is 12.3. The van der Waals surface area contributed by atoms with Crippen molar-refractivity contribution in [3.63, 3.8) is 0 Å². The van der Waals surface area contributed by atoms with Crippen molar-refractivity contribution < 1.29 is 14.3 Å². The molecule has 17 heavy (non-hydrogen) atoms. The highest BCUT2D eigenvalue weighted by Gasteiger charge is 2.08. The van der Waals surface area contributed by atoms with E-state index in [0.29, 0.717) is 6.42 Å². The van der Waals surface area contributed by atoms with Crippen molar-refractivity contribution in [2.75, 3.05) is 0 Å². The number of tetrazole rings is 1. The molecule has 0 saturated carbocycles. The Labute approximate surface area is 95.7 Å². The lowest BCUT2D eigenvalue weighted by atomic mass is 10.1. The summed E-state index contributed by atoms with van der Waals surface area (Å²) >= 11 is 0. The molecule has 0 amide bonds. The molecule has 0 aliphatic heterocycles. The number of carboxylic acid groups (broad SMARTS) is 1. The number of halogens is 1. The fourth-order valence-corrected chi connectivity index (χ4v) is 1.41. The first kappa shape index (κ1) is 11.2. The van der Waals surface area contributed by atoms with Crippen LogP contribution in [-0.2, 0) is 11.2 Å². The fraction of sp³-hybridized carbons (Fsp3) is 0.200. The maximum absolute atomic E-state index is 13.5. The van der Waals surface area contributed by atoms with E-state index in [0.717, 1.165) is 5.56 Å². The third-order valence-corrected chi connectivity index (χ3v) is 2.23. The van der Waals surface area contributed by atoms with Crippen molar-refractivity contribution in [2.45, 2.75) is 12.8 Å². The summed E-state index contributed by atoms with van der Waals surface area (Å²) in [7, 11) is 0. The van der Waals surface area contributed by atoms with Gasteiger partial charge < -0.3 is 5.11 Å². The number of carboxylic acids is 1. The molecule has 0 fully saturated rings. The van der Waals surface area contributed by atoms with Crippen LogP contribution in [0.5, 0.6) is 0 Å². The topological polar surface area (TPSA) is 80.9 Å². The molecule has 0 atom stereocenters. The number of nitrogens with zero attached hydrogens (tertiary/aromatic N) is 4. The number of aryl methyl sites for hydroxylation is 1. The molecular formula is C10H9FN4O2. The highest BCUT2D eigenvalue weighted by molar-refractivity contribution is 5.67. The van der Waals surface area contributed by atoms with Gasteiger partial charge >= 0.3 is 5.97 Å². The van der Waals surface area contributed by atoms with Crippen LogP contribution in [-0.4, -0.2) is 31.3 Å². The van der Waals surface area contributed by atoms with Crippen molar-refractivity contribution in [1.82, 2.24) is 20.2 Å². The van der Waals surface area contributed by atoms with Gasteiger partial charge in [0.2, 0.25) is 0 Å². The number of aromatic nitrogens is 4. The summed E-state index contributed by atoms with van der Waals surface area (Å²) in [5, 5.41) is 19.0. The summed E-state index contributed by atoms with van der Waals surface area (Å²) in [5.74, 6) is -1.35. The number of benzene rings is 1. The van der Waals surface area contributed by atoms with Crippen molar-refractivity contribution in [3.05, 3.63) is 35.9 Å². The number of rotatable bonds is 4. The normalized spacial score (nSPS) is 10.4. The molecule has 0 aliphatic rings. The lowest BCUT2D eigenvalue weighted by molar-refractivity contribution is -0.136. The number of hydrogen-bond acceptors (Lipinski definition) is 4. The summed E-state index contributed by atoms with van der Waals surface area (Å²) in [6.07, 6.45) is 1.62. The Morgan fingerprint density at radius 1 is 1.47 bits per heavy atom. The van der Waals surface area contributed by atoms with Gasteiger partial charge in [0, 0.05) is 6.42 Å². The minimum atomic E-state index is -0.890. The molecule has 7 heteroatoms. The minimum absolute atomic E-state index is 0.000674. The summed E-state index contributed by atoms with van der Waals surface area (Å²) in [6.45, 7) is 0. The van der Waals surface area contributed by atoms with Gasteiger partial charge in [0.25, 0.3) is 0 Å². The zero-order valence-electron chi connectivity index (χ0n) is 8.75. The highest BCUT2D eigenvalue weighted by Crippen LogP contribution is 2.15. The molecule has 1 heterocycles. The number of aliphatic carboxylic acids is 1. The van der Waals surface area contributed by atoms with E-state index in [1.807, 2.05) is 0 Å². The van der Waals surface area contributed by atoms with Gasteiger partial charge in [0.1, 0.15) is 17.8 Å².